The maximum absolute atomic E-state index is 14.3. The molecule has 5 aromatic rings. The lowest BCUT2D eigenvalue weighted by molar-refractivity contribution is 0.423. The minimum atomic E-state index is -1.72. The second-order valence-corrected chi connectivity index (χ2v) is 7.51. The van der Waals surface area contributed by atoms with Gasteiger partial charge < -0.3 is 15.4 Å². The van der Waals surface area contributed by atoms with Crippen molar-refractivity contribution in [1.29, 1.82) is 0 Å². The second kappa shape index (κ2) is 10.2. The Hall–Kier alpha value is -4.08. The van der Waals surface area contributed by atoms with E-state index in [0.29, 0.717) is 22.9 Å². The number of nitrogens with one attached hydrogen (secondary N) is 2. The number of pyridine rings is 1. The van der Waals surface area contributed by atoms with Crippen LogP contribution < -0.4 is 10.8 Å². The number of aromatic amines is 1. The van der Waals surface area contributed by atoms with Gasteiger partial charge in [-0.15, -0.1) is 0 Å². The van der Waals surface area contributed by atoms with Gasteiger partial charge in [-0.25, -0.2) is 13.8 Å². The summed E-state index contributed by atoms with van der Waals surface area (Å²) in [6.45, 7) is 1.93. The largest absolute Gasteiger partial charge is 0.491 e. The number of fused-ring (bicyclic) bond motifs is 1. The minimum Gasteiger partial charge on any atom is -0.423 e. The van der Waals surface area contributed by atoms with Crippen LogP contribution in [0.1, 0.15) is 5.69 Å². The van der Waals surface area contributed by atoms with Crippen LogP contribution in [0.25, 0.3) is 22.0 Å². The van der Waals surface area contributed by atoms with E-state index in [1.165, 1.54) is 30.3 Å². The van der Waals surface area contributed by atoms with Crippen LogP contribution in [0.3, 0.4) is 0 Å². The average molecular weight is 458 g/mol. The minimum absolute atomic E-state index is 0.0949. The molecular weight excluding hydrogens is 437 g/mol. The van der Waals surface area contributed by atoms with Crippen LogP contribution >= 0.6 is 0 Å². The van der Waals surface area contributed by atoms with Gasteiger partial charge in [-0.05, 0) is 36.6 Å². The highest BCUT2D eigenvalue weighted by Crippen LogP contribution is 2.31. The standard InChI is InChI=1S/C19H15FN4.C6H6BFO2/c1-12-10-18(24-23-12)21-17-11-13-6-2-3-7-14(13)19(22-17)15-8-4-5-9-16(15)20;8-6-4-2-1-3-5(6)7(9)10/h2-11H,1H3,(H2,21,22,23,24);1-4,9-10H. The van der Waals surface area contributed by atoms with Gasteiger partial charge in [0.25, 0.3) is 0 Å². The molecule has 0 unspecified atom stereocenters. The molecule has 4 N–H and O–H groups in total. The maximum atomic E-state index is 14.3. The molecule has 0 atom stereocenters. The smallest absolute Gasteiger partial charge is 0.423 e. The number of rotatable bonds is 4. The molecule has 3 aromatic carbocycles. The van der Waals surface area contributed by atoms with Crippen molar-refractivity contribution >= 4 is 35.0 Å². The van der Waals surface area contributed by atoms with E-state index in [9.17, 15) is 8.78 Å². The third-order valence-electron chi connectivity index (χ3n) is 5.01. The summed E-state index contributed by atoms with van der Waals surface area (Å²) in [6.07, 6.45) is 0. The van der Waals surface area contributed by atoms with Crippen molar-refractivity contribution in [3.8, 4) is 11.3 Å². The molecule has 2 heterocycles. The number of aromatic nitrogens is 3. The summed E-state index contributed by atoms with van der Waals surface area (Å²) in [6, 6.07) is 23.8. The highest BCUT2D eigenvalue weighted by molar-refractivity contribution is 6.58. The Kier molecular flexibility index (Phi) is 6.96. The van der Waals surface area contributed by atoms with Crippen molar-refractivity contribution in [2.75, 3.05) is 5.32 Å². The number of anilines is 2. The summed E-state index contributed by atoms with van der Waals surface area (Å²) in [5, 5.41) is 29.1. The second-order valence-electron chi connectivity index (χ2n) is 7.51. The van der Waals surface area contributed by atoms with E-state index in [1.807, 2.05) is 49.4 Å². The van der Waals surface area contributed by atoms with Crippen molar-refractivity contribution in [3.63, 3.8) is 0 Å². The van der Waals surface area contributed by atoms with Gasteiger partial charge in [-0.3, -0.25) is 5.10 Å². The average Bonchev–Trinajstić information content (AvgIpc) is 3.24. The van der Waals surface area contributed by atoms with Crippen molar-refractivity contribution < 1.29 is 18.8 Å². The van der Waals surface area contributed by atoms with Gasteiger partial charge in [0.15, 0.2) is 5.82 Å². The van der Waals surface area contributed by atoms with Crippen LogP contribution in [0.2, 0.25) is 0 Å². The van der Waals surface area contributed by atoms with Gasteiger partial charge in [-0.1, -0.05) is 54.6 Å². The van der Waals surface area contributed by atoms with Crippen molar-refractivity contribution in [1.82, 2.24) is 15.2 Å². The Morgan fingerprint density at radius 2 is 1.50 bits per heavy atom. The Balaban J connectivity index is 0.000000231. The molecule has 0 amide bonds. The third kappa shape index (κ3) is 5.28. The topological polar surface area (TPSA) is 94.1 Å². The lowest BCUT2D eigenvalue weighted by Gasteiger charge is -2.11. The molecule has 0 fully saturated rings. The van der Waals surface area contributed by atoms with Crippen molar-refractivity contribution in [2.24, 2.45) is 0 Å². The molecule has 0 aliphatic rings. The molecule has 2 aromatic heterocycles. The lowest BCUT2D eigenvalue weighted by atomic mass is 9.80. The number of nitrogens with zero attached hydrogens (tertiary/aromatic N) is 2. The number of hydrogen-bond donors (Lipinski definition) is 4. The van der Waals surface area contributed by atoms with Gasteiger partial charge in [0.1, 0.15) is 17.5 Å². The zero-order valence-electron chi connectivity index (χ0n) is 18.2. The number of halogens is 2. The van der Waals surface area contributed by atoms with E-state index < -0.39 is 12.9 Å². The first kappa shape index (κ1) is 23.1. The van der Waals surface area contributed by atoms with E-state index in [1.54, 1.807) is 12.1 Å². The summed E-state index contributed by atoms with van der Waals surface area (Å²) in [5.74, 6) is 0.411. The summed E-state index contributed by atoms with van der Waals surface area (Å²) in [4.78, 5) is 4.63. The van der Waals surface area contributed by atoms with E-state index in [-0.39, 0.29) is 11.3 Å². The van der Waals surface area contributed by atoms with Gasteiger partial charge in [-0.2, -0.15) is 5.10 Å². The van der Waals surface area contributed by atoms with E-state index >= 15 is 0 Å². The first-order chi connectivity index (χ1) is 16.4. The first-order valence-corrected chi connectivity index (χ1v) is 10.5. The summed E-state index contributed by atoms with van der Waals surface area (Å²) in [7, 11) is -1.72. The monoisotopic (exact) mass is 458 g/mol. The molecule has 0 bridgehead atoms. The van der Waals surface area contributed by atoms with Crippen molar-refractivity contribution in [2.45, 2.75) is 6.92 Å². The Labute approximate surface area is 195 Å². The van der Waals surface area contributed by atoms with Crippen LogP contribution in [0, 0.1) is 18.6 Å². The highest BCUT2D eigenvalue weighted by atomic mass is 19.1. The molecule has 0 aliphatic carbocycles. The van der Waals surface area contributed by atoms with Gasteiger partial charge in [0.05, 0.1) is 5.69 Å². The number of hydrogen-bond acceptors (Lipinski definition) is 5. The fourth-order valence-electron chi connectivity index (χ4n) is 3.42. The molecule has 0 saturated carbocycles. The third-order valence-corrected chi connectivity index (χ3v) is 5.01. The molecule has 34 heavy (non-hydrogen) atoms. The molecule has 9 heteroatoms. The molecule has 0 aliphatic heterocycles. The predicted octanol–water partition coefficient (Wildman–Crippen LogP) is 4.32. The SMILES string of the molecule is Cc1cc(Nc2cc3ccccc3c(-c3ccccc3F)n2)n[nH]1.OB(O)c1ccccc1F. The Morgan fingerprint density at radius 3 is 2.15 bits per heavy atom. The van der Waals surface area contributed by atoms with Gasteiger partial charge >= 0.3 is 7.12 Å². The van der Waals surface area contributed by atoms with Crippen LogP contribution in [0.5, 0.6) is 0 Å². The highest BCUT2D eigenvalue weighted by Gasteiger charge is 2.14. The van der Waals surface area contributed by atoms with Crippen molar-refractivity contribution in [3.05, 3.63) is 102 Å². The Morgan fingerprint density at radius 1 is 0.824 bits per heavy atom. The van der Waals surface area contributed by atoms with Crippen LogP contribution in [-0.2, 0) is 0 Å². The lowest BCUT2D eigenvalue weighted by Crippen LogP contribution is -2.32. The molecule has 0 radical (unpaired) electrons. The molecule has 6 nitrogen and oxygen atoms in total. The zero-order valence-corrected chi connectivity index (χ0v) is 18.2. The van der Waals surface area contributed by atoms with Crippen LogP contribution in [-0.4, -0.2) is 32.3 Å². The predicted molar refractivity (Wildman–Crippen MR) is 130 cm³/mol. The maximum Gasteiger partial charge on any atom is 0.491 e. The normalized spacial score (nSPS) is 10.5. The summed E-state index contributed by atoms with van der Waals surface area (Å²) >= 11 is 0. The number of benzene rings is 3. The molecule has 170 valence electrons. The fourth-order valence-corrected chi connectivity index (χ4v) is 3.42. The van der Waals surface area contributed by atoms with Gasteiger partial charge in [0, 0.05) is 28.2 Å². The molecular formula is C25H21BF2N4O2. The van der Waals surface area contributed by atoms with E-state index in [2.05, 4.69) is 20.5 Å². The number of H-pyrrole nitrogens is 1. The Bertz CT molecular complexity index is 1430. The first-order valence-electron chi connectivity index (χ1n) is 10.5. The van der Waals surface area contributed by atoms with Crippen LogP contribution in [0.4, 0.5) is 20.4 Å². The molecule has 5 rings (SSSR count). The number of aryl methyl sites for hydroxylation is 1. The van der Waals surface area contributed by atoms with Gasteiger partial charge in [0.2, 0.25) is 0 Å². The quantitative estimate of drug-likeness (QED) is 0.301. The van der Waals surface area contributed by atoms with E-state index in [0.717, 1.165) is 16.5 Å². The summed E-state index contributed by atoms with van der Waals surface area (Å²) < 4.78 is 26.8. The molecule has 0 spiro atoms. The zero-order chi connectivity index (χ0) is 24.1. The fraction of sp³-hybridized carbons (Fsp3) is 0.0400. The molecule has 0 saturated heterocycles. The van der Waals surface area contributed by atoms with E-state index in [4.69, 9.17) is 10.0 Å². The summed E-state index contributed by atoms with van der Waals surface area (Å²) in [5.41, 5.74) is 1.95. The van der Waals surface area contributed by atoms with Crippen LogP contribution in [0.15, 0.2) is 84.9 Å².